The highest BCUT2D eigenvalue weighted by Crippen LogP contribution is 2.24. The molecule has 11 heteroatoms. The lowest BCUT2D eigenvalue weighted by Gasteiger charge is -2.37. The van der Waals surface area contributed by atoms with Crippen molar-refractivity contribution >= 4 is 21.5 Å². The second-order valence-electron chi connectivity index (χ2n) is 10.2. The van der Waals surface area contributed by atoms with Crippen molar-refractivity contribution in [1.82, 2.24) is 14.3 Å². The third-order valence-corrected chi connectivity index (χ3v) is 8.96. The van der Waals surface area contributed by atoms with E-state index in [0.29, 0.717) is 5.69 Å². The van der Waals surface area contributed by atoms with Crippen LogP contribution in [-0.2, 0) is 14.3 Å². The quantitative estimate of drug-likeness (QED) is 0.275. The van der Waals surface area contributed by atoms with Gasteiger partial charge >= 0.3 is 5.69 Å². The number of anilines is 2. The summed E-state index contributed by atoms with van der Waals surface area (Å²) in [5.74, 6) is 0.848. The van der Waals surface area contributed by atoms with Crippen LogP contribution in [0.4, 0.5) is 11.4 Å². The van der Waals surface area contributed by atoms with Crippen molar-refractivity contribution in [3.05, 3.63) is 95.2 Å². The lowest BCUT2D eigenvalue weighted by atomic mass is 10.2. The molecule has 3 aromatic carbocycles. The fraction of sp³-hybridized carbons (Fsp3) is 0.333. The molecule has 4 aromatic rings. The normalized spacial score (nSPS) is 15.5. The Morgan fingerprint density at radius 3 is 1.83 bits per heavy atom. The van der Waals surface area contributed by atoms with E-state index in [2.05, 4.69) is 27.0 Å². The Balaban J connectivity index is 1.22. The van der Waals surface area contributed by atoms with E-state index in [0.717, 1.165) is 43.2 Å². The minimum Gasteiger partial charge on any atom is -0.497 e. The summed E-state index contributed by atoms with van der Waals surface area (Å²) in [5, 5.41) is 4.26. The van der Waals surface area contributed by atoms with Gasteiger partial charge in [0.25, 0.3) is 10.1 Å². The van der Waals surface area contributed by atoms with E-state index < -0.39 is 22.3 Å². The van der Waals surface area contributed by atoms with Gasteiger partial charge in [-0.2, -0.15) is 13.5 Å². The standard InChI is InChI=1S/C30H35N5O5S/c1-22-5-15-29(16-6-22)41(37,38)40-24(3)23(2)35-30(36)34(21-31-35)27-9-7-25(8-10-27)32-17-19-33(20-18-32)26-11-13-28(39-4)14-12-26/h5-16,21,23-24H,17-20H2,1-4H3/t23-,24+/m1/s1. The first-order chi connectivity index (χ1) is 19.7. The van der Waals surface area contributed by atoms with Crippen molar-refractivity contribution in [1.29, 1.82) is 0 Å². The van der Waals surface area contributed by atoms with Crippen molar-refractivity contribution in [2.45, 2.75) is 37.8 Å². The van der Waals surface area contributed by atoms with E-state index in [1.54, 1.807) is 33.1 Å². The number of aryl methyl sites for hydroxylation is 1. The van der Waals surface area contributed by atoms with Gasteiger partial charge in [0.05, 0.1) is 29.8 Å². The number of rotatable bonds is 9. The first-order valence-corrected chi connectivity index (χ1v) is 15.0. The van der Waals surface area contributed by atoms with E-state index in [1.165, 1.54) is 33.4 Å². The monoisotopic (exact) mass is 577 g/mol. The molecule has 0 radical (unpaired) electrons. The lowest BCUT2D eigenvalue weighted by Crippen LogP contribution is -2.46. The molecule has 1 saturated heterocycles. The summed E-state index contributed by atoms with van der Waals surface area (Å²) < 4.78 is 38.8. The van der Waals surface area contributed by atoms with Crippen LogP contribution in [0.5, 0.6) is 5.75 Å². The van der Waals surface area contributed by atoms with E-state index in [9.17, 15) is 13.2 Å². The minimum atomic E-state index is -3.99. The van der Waals surface area contributed by atoms with Gasteiger partial charge in [-0.1, -0.05) is 17.7 Å². The van der Waals surface area contributed by atoms with Crippen molar-refractivity contribution < 1.29 is 17.3 Å². The number of piperazine rings is 1. The number of methoxy groups -OCH3 is 1. The van der Waals surface area contributed by atoms with Crippen LogP contribution in [0, 0.1) is 6.92 Å². The zero-order valence-electron chi connectivity index (χ0n) is 23.7. The van der Waals surface area contributed by atoms with Crippen molar-refractivity contribution in [3.8, 4) is 11.4 Å². The Morgan fingerprint density at radius 1 is 0.780 bits per heavy atom. The summed E-state index contributed by atoms with van der Waals surface area (Å²) in [6.45, 7) is 8.77. The third kappa shape index (κ3) is 6.15. The predicted octanol–water partition coefficient (Wildman–Crippen LogP) is 4.03. The van der Waals surface area contributed by atoms with Gasteiger partial charge in [-0.05, 0) is 81.4 Å². The molecule has 0 bridgehead atoms. The van der Waals surface area contributed by atoms with Crippen molar-refractivity contribution in [2.24, 2.45) is 0 Å². The Bertz CT molecular complexity index is 1620. The molecule has 41 heavy (non-hydrogen) atoms. The third-order valence-electron chi connectivity index (χ3n) is 7.56. The average molecular weight is 578 g/mol. The molecule has 2 atom stereocenters. The maximum absolute atomic E-state index is 13.2. The summed E-state index contributed by atoms with van der Waals surface area (Å²) in [5.41, 5.74) is 3.51. The topological polar surface area (TPSA) is 98.9 Å². The van der Waals surface area contributed by atoms with Crippen molar-refractivity contribution in [2.75, 3.05) is 43.1 Å². The molecular weight excluding hydrogens is 542 g/mol. The molecule has 0 aliphatic carbocycles. The van der Waals surface area contributed by atoms with Crippen LogP contribution in [-0.4, -0.2) is 62.2 Å². The highest BCUT2D eigenvalue weighted by molar-refractivity contribution is 7.86. The lowest BCUT2D eigenvalue weighted by molar-refractivity contribution is 0.161. The first kappa shape index (κ1) is 28.4. The van der Waals surface area contributed by atoms with E-state index >= 15 is 0 Å². The van der Waals surface area contributed by atoms with Crippen LogP contribution < -0.4 is 20.2 Å². The molecule has 1 aliphatic heterocycles. The molecule has 0 saturated carbocycles. The van der Waals surface area contributed by atoms with Gasteiger partial charge in [0, 0.05) is 37.6 Å². The van der Waals surface area contributed by atoms with Gasteiger partial charge in [-0.25, -0.2) is 14.0 Å². The Labute approximate surface area is 240 Å². The maximum Gasteiger partial charge on any atom is 0.350 e. The zero-order valence-corrected chi connectivity index (χ0v) is 24.5. The summed E-state index contributed by atoms with van der Waals surface area (Å²) in [6, 6.07) is 21.7. The molecule has 10 nitrogen and oxygen atoms in total. The van der Waals surface area contributed by atoms with Gasteiger partial charge in [-0.3, -0.25) is 4.18 Å². The summed E-state index contributed by atoms with van der Waals surface area (Å²) in [7, 11) is -2.32. The summed E-state index contributed by atoms with van der Waals surface area (Å²) in [6.07, 6.45) is 0.629. The van der Waals surface area contributed by atoms with E-state index in [1.807, 2.05) is 43.3 Å². The molecule has 0 unspecified atom stereocenters. The van der Waals surface area contributed by atoms with Gasteiger partial charge in [0.15, 0.2) is 0 Å². The van der Waals surface area contributed by atoms with Crippen LogP contribution in [0.2, 0.25) is 0 Å². The van der Waals surface area contributed by atoms with E-state index in [4.69, 9.17) is 8.92 Å². The van der Waals surface area contributed by atoms with Crippen LogP contribution in [0.25, 0.3) is 5.69 Å². The number of ether oxygens (including phenoxy) is 1. The highest BCUT2D eigenvalue weighted by atomic mass is 32.2. The molecule has 0 amide bonds. The second kappa shape index (κ2) is 11.8. The van der Waals surface area contributed by atoms with Gasteiger partial charge < -0.3 is 14.5 Å². The molecule has 1 aliphatic rings. The molecule has 5 rings (SSSR count). The van der Waals surface area contributed by atoms with Crippen molar-refractivity contribution in [3.63, 3.8) is 0 Å². The molecule has 0 spiro atoms. The number of nitrogens with zero attached hydrogens (tertiary/aromatic N) is 5. The Hall–Kier alpha value is -4.09. The number of aromatic nitrogens is 3. The molecule has 216 valence electrons. The number of benzene rings is 3. The van der Waals surface area contributed by atoms with Gasteiger partial charge in [-0.15, -0.1) is 0 Å². The number of hydrogen-bond donors (Lipinski definition) is 0. The minimum absolute atomic E-state index is 0.0715. The fourth-order valence-corrected chi connectivity index (χ4v) is 5.99. The average Bonchev–Trinajstić information content (AvgIpc) is 3.38. The SMILES string of the molecule is COc1ccc(N2CCN(c3ccc(-n4cnn([C@H](C)[C@H](C)OS(=O)(=O)c5ccc(C)cc5)c4=O)cc3)CC2)cc1. The Morgan fingerprint density at radius 2 is 1.29 bits per heavy atom. The fourth-order valence-electron chi connectivity index (χ4n) is 4.85. The van der Waals surface area contributed by atoms with Crippen LogP contribution in [0.3, 0.4) is 0 Å². The summed E-state index contributed by atoms with van der Waals surface area (Å²) in [4.78, 5) is 18.0. The predicted molar refractivity (Wildman–Crippen MR) is 159 cm³/mol. The highest BCUT2D eigenvalue weighted by Gasteiger charge is 2.26. The van der Waals surface area contributed by atoms with Crippen LogP contribution >= 0.6 is 0 Å². The summed E-state index contributed by atoms with van der Waals surface area (Å²) >= 11 is 0. The molecule has 0 N–H and O–H groups in total. The molecule has 1 fully saturated rings. The maximum atomic E-state index is 13.2. The largest absolute Gasteiger partial charge is 0.497 e. The van der Waals surface area contributed by atoms with Crippen LogP contribution in [0.15, 0.2) is 88.8 Å². The first-order valence-electron chi connectivity index (χ1n) is 13.6. The molecular formula is C30H35N5O5S. The number of hydrogen-bond acceptors (Lipinski definition) is 8. The van der Waals surface area contributed by atoms with Gasteiger partial charge in [0.1, 0.15) is 12.1 Å². The van der Waals surface area contributed by atoms with E-state index in [-0.39, 0.29) is 10.6 Å². The smallest absolute Gasteiger partial charge is 0.350 e. The molecule has 1 aromatic heterocycles. The van der Waals surface area contributed by atoms with Gasteiger partial charge in [0.2, 0.25) is 0 Å². The Kier molecular flexibility index (Phi) is 8.18. The molecule has 2 heterocycles. The zero-order chi connectivity index (χ0) is 29.1. The second-order valence-corrected chi connectivity index (χ2v) is 11.8. The van der Waals surface area contributed by atoms with Crippen LogP contribution in [0.1, 0.15) is 25.5 Å².